The van der Waals surface area contributed by atoms with Crippen molar-refractivity contribution < 1.29 is 14.2 Å². The molecule has 0 radical (unpaired) electrons. The van der Waals surface area contributed by atoms with Crippen LogP contribution in [0.25, 0.3) is 0 Å². The van der Waals surface area contributed by atoms with Gasteiger partial charge in [-0.1, -0.05) is 30.3 Å². The van der Waals surface area contributed by atoms with Crippen molar-refractivity contribution in [3.8, 4) is 5.75 Å². The van der Waals surface area contributed by atoms with E-state index in [1.54, 1.807) is 19.2 Å². The first-order chi connectivity index (χ1) is 10.9. The van der Waals surface area contributed by atoms with Crippen LogP contribution in [0.5, 0.6) is 5.75 Å². The third-order valence-electron chi connectivity index (χ3n) is 3.03. The number of hydrogen-bond acceptors (Lipinski definition) is 4. The largest absolute Gasteiger partial charge is 0.497 e. The standard InChI is InChI=1S/C9H13NO.C8H11O2PS/c1-7(10)8-3-5-9(11-2)6-4-8;1-2-10-11(9,12)8-6-4-3-5-7-8/h3-7H,10H2,1-2H3;3-7H,2H2,1H3,(H,9,12)/t7-;/m0./s1. The average molecular weight is 353 g/mol. The van der Waals surface area contributed by atoms with Crippen LogP contribution in [-0.2, 0) is 16.3 Å². The molecule has 1 unspecified atom stereocenters. The summed E-state index contributed by atoms with van der Waals surface area (Å²) in [5.41, 5.74) is 6.79. The minimum Gasteiger partial charge on any atom is -0.497 e. The van der Waals surface area contributed by atoms with Crippen LogP contribution in [0.15, 0.2) is 54.6 Å². The van der Waals surface area contributed by atoms with Crippen molar-refractivity contribution in [2.75, 3.05) is 13.7 Å². The van der Waals surface area contributed by atoms with E-state index in [-0.39, 0.29) is 6.04 Å². The van der Waals surface area contributed by atoms with Gasteiger partial charge in [-0.2, -0.15) is 0 Å². The summed E-state index contributed by atoms with van der Waals surface area (Å²) in [6.45, 7) is 1.52. The minimum absolute atomic E-state index is 0.0981. The Labute approximate surface area is 143 Å². The normalized spacial score (nSPS) is 14.1. The van der Waals surface area contributed by atoms with Crippen molar-refractivity contribution in [2.24, 2.45) is 5.73 Å². The van der Waals surface area contributed by atoms with E-state index in [9.17, 15) is 4.89 Å². The van der Waals surface area contributed by atoms with Crippen molar-refractivity contribution in [1.82, 2.24) is 0 Å². The van der Waals surface area contributed by atoms with Gasteiger partial charge < -0.3 is 19.9 Å². The predicted molar refractivity (Wildman–Crippen MR) is 99.8 cm³/mol. The Balaban J connectivity index is 0.000000231. The Hall–Kier alpha value is -1.23. The average Bonchev–Trinajstić information content (AvgIpc) is 2.56. The molecule has 4 nitrogen and oxygen atoms in total. The SMILES string of the molecule is CCOP(O)(=S)c1ccccc1.COc1ccc([C@H](C)N)cc1. The topological polar surface area (TPSA) is 64.7 Å². The van der Waals surface area contributed by atoms with Crippen LogP contribution in [0, 0.1) is 0 Å². The van der Waals surface area contributed by atoms with Gasteiger partial charge in [0.05, 0.1) is 13.7 Å². The first kappa shape index (κ1) is 19.8. The molecule has 2 aromatic rings. The third-order valence-corrected chi connectivity index (χ3v) is 5.54. The molecule has 0 amide bonds. The first-order valence-corrected chi connectivity index (χ1v) is 10.0. The third kappa shape index (κ3) is 6.81. The second kappa shape index (κ2) is 9.81. The fourth-order valence-electron chi connectivity index (χ4n) is 1.77. The molecule has 0 aliphatic heterocycles. The Morgan fingerprint density at radius 3 is 2.13 bits per heavy atom. The maximum absolute atomic E-state index is 9.69. The van der Waals surface area contributed by atoms with E-state index in [1.807, 2.05) is 56.3 Å². The molecule has 3 N–H and O–H groups in total. The van der Waals surface area contributed by atoms with E-state index in [2.05, 4.69) is 0 Å². The molecule has 0 aliphatic rings. The molecular weight excluding hydrogens is 329 g/mol. The number of nitrogens with two attached hydrogens (primary N) is 1. The molecule has 6 heteroatoms. The predicted octanol–water partition coefficient (Wildman–Crippen LogP) is 3.37. The fourth-order valence-corrected chi connectivity index (χ4v) is 3.50. The zero-order chi connectivity index (χ0) is 17.3. The van der Waals surface area contributed by atoms with Crippen LogP contribution < -0.4 is 15.8 Å². The molecule has 0 aliphatic carbocycles. The van der Waals surface area contributed by atoms with E-state index >= 15 is 0 Å². The quantitative estimate of drug-likeness (QED) is 0.807. The molecule has 0 fully saturated rings. The van der Waals surface area contributed by atoms with Gasteiger partial charge in [0, 0.05) is 11.3 Å². The van der Waals surface area contributed by atoms with Crippen molar-refractivity contribution >= 4 is 23.6 Å². The summed E-state index contributed by atoms with van der Waals surface area (Å²) in [6.07, 6.45) is 0. The van der Waals surface area contributed by atoms with E-state index < -0.39 is 6.49 Å². The Morgan fingerprint density at radius 1 is 1.13 bits per heavy atom. The molecule has 2 atom stereocenters. The maximum atomic E-state index is 9.69. The smallest absolute Gasteiger partial charge is 0.216 e. The fraction of sp³-hybridized carbons (Fsp3) is 0.294. The van der Waals surface area contributed by atoms with Crippen molar-refractivity contribution in [2.45, 2.75) is 19.9 Å². The summed E-state index contributed by atoms with van der Waals surface area (Å²) in [5, 5.41) is 0.710. The Morgan fingerprint density at radius 2 is 1.70 bits per heavy atom. The number of methoxy groups -OCH3 is 1. The number of hydrogen-bond donors (Lipinski definition) is 2. The van der Waals surface area contributed by atoms with Gasteiger partial charge in [-0.3, -0.25) is 0 Å². The summed E-state index contributed by atoms with van der Waals surface area (Å²) in [5.74, 6) is 0.870. The van der Waals surface area contributed by atoms with E-state index in [0.717, 1.165) is 11.3 Å². The van der Waals surface area contributed by atoms with Gasteiger partial charge in [-0.15, -0.1) is 0 Å². The molecule has 0 saturated heterocycles. The highest BCUT2D eigenvalue weighted by atomic mass is 32.5. The van der Waals surface area contributed by atoms with Gasteiger partial charge in [-0.05, 0) is 55.5 Å². The number of ether oxygens (including phenoxy) is 1. The van der Waals surface area contributed by atoms with Crippen LogP contribution in [0.4, 0.5) is 0 Å². The Kier molecular flexibility index (Phi) is 8.45. The van der Waals surface area contributed by atoms with Gasteiger partial charge in [-0.25, -0.2) is 0 Å². The van der Waals surface area contributed by atoms with Gasteiger partial charge in [0.25, 0.3) is 0 Å². The van der Waals surface area contributed by atoms with Gasteiger partial charge in [0.15, 0.2) is 0 Å². The summed E-state index contributed by atoms with van der Waals surface area (Å²) >= 11 is 4.95. The molecule has 126 valence electrons. The summed E-state index contributed by atoms with van der Waals surface area (Å²) in [6, 6.07) is 17.0. The minimum atomic E-state index is -2.71. The lowest BCUT2D eigenvalue weighted by molar-refractivity contribution is 0.335. The van der Waals surface area contributed by atoms with E-state index in [1.165, 1.54) is 0 Å². The van der Waals surface area contributed by atoms with Crippen LogP contribution in [0.3, 0.4) is 0 Å². The summed E-state index contributed by atoms with van der Waals surface area (Å²) < 4.78 is 10.1. The molecule has 2 aromatic carbocycles. The maximum Gasteiger partial charge on any atom is 0.216 e. The monoisotopic (exact) mass is 353 g/mol. The van der Waals surface area contributed by atoms with E-state index in [0.29, 0.717) is 11.9 Å². The van der Waals surface area contributed by atoms with Crippen molar-refractivity contribution in [3.05, 3.63) is 60.2 Å². The molecular formula is C17H24NO3PS. The van der Waals surface area contributed by atoms with Gasteiger partial charge in [0.1, 0.15) is 5.75 Å². The molecule has 0 saturated carbocycles. The second-order valence-corrected chi connectivity index (χ2v) is 8.14. The molecule has 23 heavy (non-hydrogen) atoms. The molecule has 0 aromatic heterocycles. The second-order valence-electron chi connectivity index (χ2n) is 4.84. The molecule has 0 heterocycles. The zero-order valence-corrected chi connectivity index (χ0v) is 15.4. The van der Waals surface area contributed by atoms with Gasteiger partial charge >= 0.3 is 0 Å². The van der Waals surface area contributed by atoms with Crippen molar-refractivity contribution in [3.63, 3.8) is 0 Å². The molecule has 2 rings (SSSR count). The highest BCUT2D eigenvalue weighted by Gasteiger charge is 2.14. The van der Waals surface area contributed by atoms with Crippen molar-refractivity contribution in [1.29, 1.82) is 0 Å². The molecule has 0 spiro atoms. The first-order valence-electron chi connectivity index (χ1n) is 7.33. The number of rotatable bonds is 5. The highest BCUT2D eigenvalue weighted by Crippen LogP contribution is 2.40. The lowest BCUT2D eigenvalue weighted by Gasteiger charge is -2.13. The lowest BCUT2D eigenvalue weighted by atomic mass is 10.1. The van der Waals surface area contributed by atoms with Gasteiger partial charge in [0.2, 0.25) is 6.49 Å². The number of benzene rings is 2. The van der Waals surface area contributed by atoms with Crippen LogP contribution >= 0.6 is 6.49 Å². The van der Waals surface area contributed by atoms with Crippen LogP contribution in [0.1, 0.15) is 25.5 Å². The van der Waals surface area contributed by atoms with E-state index in [4.69, 9.17) is 26.8 Å². The Bertz CT molecular complexity index is 617. The summed E-state index contributed by atoms with van der Waals surface area (Å²) in [7, 11) is 1.65. The van der Waals surface area contributed by atoms with Crippen LogP contribution in [-0.4, -0.2) is 18.6 Å². The summed E-state index contributed by atoms with van der Waals surface area (Å²) in [4.78, 5) is 9.69. The highest BCUT2D eigenvalue weighted by molar-refractivity contribution is 8.13. The zero-order valence-electron chi connectivity index (χ0n) is 13.7. The van der Waals surface area contributed by atoms with Crippen LogP contribution in [0.2, 0.25) is 0 Å². The molecule has 0 bridgehead atoms. The lowest BCUT2D eigenvalue weighted by Crippen LogP contribution is -2.05.